The van der Waals surface area contributed by atoms with E-state index >= 15 is 0 Å². The molecule has 2 heterocycles. The number of hydrogen-bond donors (Lipinski definition) is 3. The molecule has 20 heavy (non-hydrogen) atoms. The van der Waals surface area contributed by atoms with Crippen molar-refractivity contribution in [2.75, 3.05) is 13.1 Å². The Bertz CT molecular complexity index is 479. The molecule has 3 N–H and O–H groups in total. The van der Waals surface area contributed by atoms with Gasteiger partial charge in [-0.25, -0.2) is 14.6 Å². The van der Waals surface area contributed by atoms with Gasteiger partial charge >= 0.3 is 12.0 Å². The summed E-state index contributed by atoms with van der Waals surface area (Å²) in [6, 6.07) is -1.42. The Labute approximate surface area is 120 Å². The zero-order valence-electron chi connectivity index (χ0n) is 11.0. The highest BCUT2D eigenvalue weighted by molar-refractivity contribution is 7.09. The minimum Gasteiger partial charge on any atom is -0.480 e. The molecule has 1 aliphatic rings. The number of thiazole rings is 1. The lowest BCUT2D eigenvalue weighted by Crippen LogP contribution is -2.46. The van der Waals surface area contributed by atoms with Crippen molar-refractivity contribution in [2.24, 2.45) is 0 Å². The molecule has 1 aromatic heterocycles. The number of hydrogen-bond acceptors (Lipinski definition) is 5. The highest BCUT2D eigenvalue weighted by Gasteiger charge is 2.38. The quantitative estimate of drug-likeness (QED) is 0.750. The summed E-state index contributed by atoms with van der Waals surface area (Å²) in [4.78, 5) is 28.4. The number of carbonyl (C=O) groups excluding carboxylic acids is 1. The van der Waals surface area contributed by atoms with Crippen molar-refractivity contribution in [3.63, 3.8) is 0 Å². The van der Waals surface area contributed by atoms with Gasteiger partial charge in [0.15, 0.2) is 0 Å². The first-order valence-electron chi connectivity index (χ1n) is 6.33. The van der Waals surface area contributed by atoms with E-state index in [4.69, 9.17) is 5.11 Å². The number of carbonyl (C=O) groups is 2. The van der Waals surface area contributed by atoms with Gasteiger partial charge in [-0.15, -0.1) is 11.3 Å². The zero-order chi connectivity index (χ0) is 14.7. The maximum atomic E-state index is 12.0. The molecular weight excluding hydrogens is 282 g/mol. The molecule has 3 atom stereocenters. The topological polar surface area (TPSA) is 103 Å². The van der Waals surface area contributed by atoms with Gasteiger partial charge in [-0.1, -0.05) is 6.92 Å². The van der Waals surface area contributed by atoms with E-state index in [1.54, 1.807) is 6.20 Å². The fourth-order valence-corrected chi connectivity index (χ4v) is 2.88. The van der Waals surface area contributed by atoms with Gasteiger partial charge in [-0.2, -0.15) is 0 Å². The third-order valence-electron chi connectivity index (χ3n) is 3.26. The lowest BCUT2D eigenvalue weighted by Gasteiger charge is -2.22. The van der Waals surface area contributed by atoms with Gasteiger partial charge in [0.25, 0.3) is 0 Å². The first kappa shape index (κ1) is 14.7. The SMILES string of the molecule is CC(CNC(=O)N1C[C@H](O)C[C@H]1C(=O)O)c1nccs1. The fraction of sp³-hybridized carbons (Fsp3) is 0.583. The van der Waals surface area contributed by atoms with Gasteiger partial charge in [0.2, 0.25) is 0 Å². The second kappa shape index (κ2) is 6.19. The van der Waals surface area contributed by atoms with Crippen LogP contribution >= 0.6 is 11.3 Å². The van der Waals surface area contributed by atoms with Crippen LogP contribution in [-0.2, 0) is 4.79 Å². The molecule has 2 amide bonds. The number of aliphatic hydroxyl groups is 1. The summed E-state index contributed by atoms with van der Waals surface area (Å²) in [6.45, 7) is 2.37. The van der Waals surface area contributed by atoms with Crippen molar-refractivity contribution in [1.82, 2.24) is 15.2 Å². The summed E-state index contributed by atoms with van der Waals surface area (Å²) in [5.41, 5.74) is 0. The summed E-state index contributed by atoms with van der Waals surface area (Å²) in [5, 5.41) is 24.0. The first-order valence-corrected chi connectivity index (χ1v) is 7.21. The van der Waals surface area contributed by atoms with E-state index in [1.165, 1.54) is 16.2 Å². The van der Waals surface area contributed by atoms with Gasteiger partial charge in [-0.05, 0) is 0 Å². The number of likely N-dealkylation sites (tertiary alicyclic amines) is 1. The molecule has 8 heteroatoms. The van der Waals surface area contributed by atoms with E-state index < -0.39 is 24.1 Å². The van der Waals surface area contributed by atoms with Gasteiger partial charge in [-0.3, -0.25) is 0 Å². The van der Waals surface area contributed by atoms with Crippen LogP contribution in [0.25, 0.3) is 0 Å². The number of aliphatic carboxylic acids is 1. The Morgan fingerprint density at radius 2 is 2.40 bits per heavy atom. The minimum atomic E-state index is -1.09. The lowest BCUT2D eigenvalue weighted by molar-refractivity contribution is -0.141. The largest absolute Gasteiger partial charge is 0.480 e. The highest BCUT2D eigenvalue weighted by Crippen LogP contribution is 2.19. The molecule has 0 spiro atoms. The Kier molecular flexibility index (Phi) is 4.56. The molecule has 1 saturated heterocycles. The van der Waals surface area contributed by atoms with Crippen molar-refractivity contribution in [3.8, 4) is 0 Å². The van der Waals surface area contributed by atoms with E-state index in [9.17, 15) is 14.7 Å². The summed E-state index contributed by atoms with van der Waals surface area (Å²) >= 11 is 1.51. The summed E-state index contributed by atoms with van der Waals surface area (Å²) < 4.78 is 0. The number of nitrogens with zero attached hydrogens (tertiary/aromatic N) is 2. The van der Waals surface area contributed by atoms with E-state index in [0.717, 1.165) is 5.01 Å². The number of nitrogens with one attached hydrogen (secondary N) is 1. The molecule has 0 aromatic carbocycles. The van der Waals surface area contributed by atoms with Gasteiger partial charge < -0.3 is 20.4 Å². The van der Waals surface area contributed by atoms with Crippen LogP contribution in [0.2, 0.25) is 0 Å². The van der Waals surface area contributed by atoms with Crippen molar-refractivity contribution < 1.29 is 19.8 Å². The number of aromatic nitrogens is 1. The van der Waals surface area contributed by atoms with E-state index in [2.05, 4.69) is 10.3 Å². The summed E-state index contributed by atoms with van der Waals surface area (Å²) in [6.07, 6.45) is 0.999. The van der Waals surface area contributed by atoms with Crippen molar-refractivity contribution in [1.29, 1.82) is 0 Å². The number of amides is 2. The molecule has 1 aromatic rings. The van der Waals surface area contributed by atoms with Gasteiger partial charge in [0.05, 0.1) is 11.1 Å². The minimum absolute atomic E-state index is 0.0500. The monoisotopic (exact) mass is 299 g/mol. The Morgan fingerprint density at radius 1 is 1.65 bits per heavy atom. The standard InChI is InChI=1S/C12H17N3O4S/c1-7(10-13-2-3-20-10)5-14-12(19)15-6-8(16)4-9(15)11(17)18/h2-3,7-9,16H,4-6H2,1H3,(H,14,19)(H,17,18)/t7?,8-,9+/m1/s1. The number of carboxylic acid groups (broad SMARTS) is 1. The number of β-amino-alcohol motifs (C(OH)–C–C–N with tert-alkyl or cyclic N) is 1. The average molecular weight is 299 g/mol. The van der Waals surface area contributed by atoms with Crippen LogP contribution in [0.3, 0.4) is 0 Å². The Morgan fingerprint density at radius 3 is 3.00 bits per heavy atom. The molecule has 2 rings (SSSR count). The van der Waals surface area contributed by atoms with E-state index in [-0.39, 0.29) is 18.9 Å². The van der Waals surface area contributed by atoms with Crippen LogP contribution in [-0.4, -0.2) is 57.3 Å². The molecular formula is C12H17N3O4S. The molecule has 0 saturated carbocycles. The lowest BCUT2D eigenvalue weighted by atomic mass is 10.2. The van der Waals surface area contributed by atoms with Crippen molar-refractivity contribution in [3.05, 3.63) is 16.6 Å². The van der Waals surface area contributed by atoms with Crippen LogP contribution in [0, 0.1) is 0 Å². The summed E-state index contributed by atoms with van der Waals surface area (Å²) in [7, 11) is 0. The molecule has 7 nitrogen and oxygen atoms in total. The number of urea groups is 1. The predicted molar refractivity (Wildman–Crippen MR) is 72.7 cm³/mol. The summed E-state index contributed by atoms with van der Waals surface area (Å²) in [5.74, 6) is -1.03. The molecule has 110 valence electrons. The maximum absolute atomic E-state index is 12.0. The van der Waals surface area contributed by atoms with E-state index in [1.807, 2.05) is 12.3 Å². The van der Waals surface area contributed by atoms with Crippen LogP contribution in [0.5, 0.6) is 0 Å². The normalized spacial score (nSPS) is 23.6. The van der Waals surface area contributed by atoms with Crippen molar-refractivity contribution >= 4 is 23.3 Å². The average Bonchev–Trinajstić information content (AvgIpc) is 3.04. The molecule has 1 fully saturated rings. The van der Waals surface area contributed by atoms with Crippen LogP contribution in [0.15, 0.2) is 11.6 Å². The number of rotatable bonds is 4. The number of carboxylic acids is 1. The smallest absolute Gasteiger partial charge is 0.326 e. The Balaban J connectivity index is 1.89. The number of aliphatic hydroxyl groups excluding tert-OH is 1. The Hall–Kier alpha value is -1.67. The zero-order valence-corrected chi connectivity index (χ0v) is 11.8. The van der Waals surface area contributed by atoms with Gasteiger partial charge in [0.1, 0.15) is 6.04 Å². The van der Waals surface area contributed by atoms with E-state index in [0.29, 0.717) is 6.54 Å². The first-order chi connectivity index (χ1) is 9.49. The molecule has 0 radical (unpaired) electrons. The third-order valence-corrected chi connectivity index (χ3v) is 4.26. The predicted octanol–water partition coefficient (Wildman–Crippen LogP) is 0.476. The van der Waals surface area contributed by atoms with Crippen LogP contribution < -0.4 is 5.32 Å². The molecule has 1 unspecified atom stereocenters. The highest BCUT2D eigenvalue weighted by atomic mass is 32.1. The van der Waals surface area contributed by atoms with Gasteiger partial charge in [0, 0.05) is 37.0 Å². The van der Waals surface area contributed by atoms with Crippen molar-refractivity contribution in [2.45, 2.75) is 31.4 Å². The second-order valence-electron chi connectivity index (χ2n) is 4.85. The molecule has 0 bridgehead atoms. The fourth-order valence-electron chi connectivity index (χ4n) is 2.18. The van der Waals surface area contributed by atoms with Crippen LogP contribution in [0.4, 0.5) is 4.79 Å². The van der Waals surface area contributed by atoms with Crippen LogP contribution in [0.1, 0.15) is 24.3 Å². The third kappa shape index (κ3) is 3.26. The second-order valence-corrected chi connectivity index (χ2v) is 5.78. The molecule has 1 aliphatic heterocycles. The molecule has 0 aliphatic carbocycles. The maximum Gasteiger partial charge on any atom is 0.326 e.